The van der Waals surface area contributed by atoms with Crippen LogP contribution in [-0.2, 0) is 6.42 Å². The lowest BCUT2D eigenvalue weighted by molar-refractivity contribution is -0.0675. The summed E-state index contributed by atoms with van der Waals surface area (Å²) in [6.45, 7) is 3.89. The molecule has 0 aliphatic rings. The van der Waals surface area contributed by atoms with Crippen LogP contribution in [0.3, 0.4) is 0 Å². The Morgan fingerprint density at radius 2 is 1.48 bits per heavy atom. The van der Waals surface area contributed by atoms with Crippen LogP contribution in [0.25, 0.3) is 0 Å². The van der Waals surface area contributed by atoms with Crippen LogP contribution in [0.2, 0.25) is 0 Å². The summed E-state index contributed by atoms with van der Waals surface area (Å²) in [7, 11) is 0. The Hall–Kier alpha value is -1.64. The molecule has 2 N–H and O–H groups in total. The maximum atomic E-state index is 11.0. The van der Waals surface area contributed by atoms with Crippen molar-refractivity contribution in [2.75, 3.05) is 0 Å². The van der Waals surface area contributed by atoms with Crippen LogP contribution in [0, 0.1) is 5.92 Å². The Kier molecular flexibility index (Phi) is 5.16. The van der Waals surface area contributed by atoms with Gasteiger partial charge < -0.3 is 10.2 Å². The number of aliphatic hydroxyl groups excluding tert-OH is 1. The van der Waals surface area contributed by atoms with Gasteiger partial charge in [-0.25, -0.2) is 0 Å². The van der Waals surface area contributed by atoms with E-state index >= 15 is 0 Å². The molecule has 0 saturated carbocycles. The third-order valence-electron chi connectivity index (χ3n) is 4.43. The zero-order chi connectivity index (χ0) is 15.3. The first kappa shape index (κ1) is 15.7. The molecular formula is C19H24O2. The molecule has 2 aromatic rings. The molecule has 0 aromatic heterocycles. The molecule has 3 atom stereocenters. The maximum Gasteiger partial charge on any atom is 0.0843 e. The Balaban J connectivity index is 2.19. The molecule has 0 bridgehead atoms. The predicted molar refractivity (Wildman–Crippen MR) is 86.0 cm³/mol. The molecule has 0 heterocycles. The van der Waals surface area contributed by atoms with Gasteiger partial charge in [0.2, 0.25) is 0 Å². The largest absolute Gasteiger partial charge is 0.389 e. The molecule has 0 aliphatic heterocycles. The Morgan fingerprint density at radius 1 is 0.952 bits per heavy atom. The van der Waals surface area contributed by atoms with Crippen molar-refractivity contribution in [2.45, 2.75) is 38.4 Å². The molecule has 0 unspecified atom stereocenters. The van der Waals surface area contributed by atoms with Crippen LogP contribution in [-0.4, -0.2) is 15.8 Å². The highest BCUT2D eigenvalue weighted by Gasteiger charge is 2.37. The number of hydrogen-bond acceptors (Lipinski definition) is 2. The molecule has 2 nitrogen and oxygen atoms in total. The fraction of sp³-hybridized carbons (Fsp3) is 0.368. The summed E-state index contributed by atoms with van der Waals surface area (Å²) in [5, 5.41) is 21.6. The molecule has 0 radical (unpaired) electrons. The van der Waals surface area contributed by atoms with Crippen molar-refractivity contribution in [3.63, 3.8) is 0 Å². The highest BCUT2D eigenvalue weighted by molar-refractivity contribution is 5.21. The number of rotatable bonds is 6. The molecule has 0 amide bonds. The first-order chi connectivity index (χ1) is 10.1. The summed E-state index contributed by atoms with van der Waals surface area (Å²) in [6.07, 6.45) is 0.488. The molecule has 2 rings (SSSR count). The molecular weight excluding hydrogens is 260 g/mol. The lowest BCUT2D eigenvalue weighted by Gasteiger charge is -2.36. The summed E-state index contributed by atoms with van der Waals surface area (Å²) < 4.78 is 0. The zero-order valence-electron chi connectivity index (χ0n) is 12.7. The van der Waals surface area contributed by atoms with E-state index in [9.17, 15) is 10.2 Å². The zero-order valence-corrected chi connectivity index (χ0v) is 12.7. The second kappa shape index (κ2) is 6.88. The van der Waals surface area contributed by atoms with Crippen LogP contribution >= 0.6 is 0 Å². The van der Waals surface area contributed by atoms with Crippen LogP contribution in [0.5, 0.6) is 0 Å². The van der Waals surface area contributed by atoms with E-state index in [2.05, 4.69) is 0 Å². The summed E-state index contributed by atoms with van der Waals surface area (Å²) in [5.41, 5.74) is 1.02. The molecule has 2 aromatic carbocycles. The molecule has 0 fully saturated rings. The highest BCUT2D eigenvalue weighted by atomic mass is 16.3. The van der Waals surface area contributed by atoms with Gasteiger partial charge in [-0.1, -0.05) is 74.5 Å². The van der Waals surface area contributed by atoms with Crippen molar-refractivity contribution in [2.24, 2.45) is 5.92 Å². The first-order valence-corrected chi connectivity index (χ1v) is 7.56. The standard InChI is InChI=1S/C19H24O2/c1-3-19(21,14-16-10-6-4-7-11-16)15(2)18(20)17-12-8-5-9-13-17/h4-13,15,18,20-21H,3,14H2,1-2H3/t15-,18-,19+/m0/s1. The average Bonchev–Trinajstić information content (AvgIpc) is 2.55. The third-order valence-corrected chi connectivity index (χ3v) is 4.43. The Labute approximate surface area is 127 Å². The van der Waals surface area contributed by atoms with Gasteiger partial charge in [0.25, 0.3) is 0 Å². The average molecular weight is 284 g/mol. The molecule has 2 heteroatoms. The summed E-state index contributed by atoms with van der Waals surface area (Å²) in [4.78, 5) is 0. The SMILES string of the molecule is CC[C@@](O)(Cc1ccccc1)[C@@H](C)[C@H](O)c1ccccc1. The van der Waals surface area contributed by atoms with Gasteiger partial charge in [-0.2, -0.15) is 0 Å². The third kappa shape index (κ3) is 3.72. The number of hydrogen-bond donors (Lipinski definition) is 2. The van der Waals surface area contributed by atoms with Gasteiger partial charge in [0.1, 0.15) is 0 Å². The van der Waals surface area contributed by atoms with Crippen molar-refractivity contribution in [1.29, 1.82) is 0 Å². The number of benzene rings is 2. The highest BCUT2D eigenvalue weighted by Crippen LogP contribution is 2.35. The fourth-order valence-corrected chi connectivity index (χ4v) is 2.79. The van der Waals surface area contributed by atoms with Gasteiger partial charge >= 0.3 is 0 Å². The molecule has 21 heavy (non-hydrogen) atoms. The van der Waals surface area contributed by atoms with E-state index in [0.29, 0.717) is 12.8 Å². The first-order valence-electron chi connectivity index (χ1n) is 7.56. The van der Waals surface area contributed by atoms with Crippen LogP contribution in [0.4, 0.5) is 0 Å². The quantitative estimate of drug-likeness (QED) is 0.848. The second-order valence-corrected chi connectivity index (χ2v) is 5.76. The molecule has 0 saturated heterocycles. The van der Waals surface area contributed by atoms with Gasteiger partial charge in [0, 0.05) is 12.3 Å². The monoisotopic (exact) mass is 284 g/mol. The van der Waals surface area contributed by atoms with E-state index < -0.39 is 11.7 Å². The van der Waals surface area contributed by atoms with Crippen molar-refractivity contribution >= 4 is 0 Å². The van der Waals surface area contributed by atoms with Gasteiger partial charge in [-0.05, 0) is 17.5 Å². The van der Waals surface area contributed by atoms with E-state index in [4.69, 9.17) is 0 Å². The minimum atomic E-state index is -0.920. The van der Waals surface area contributed by atoms with E-state index in [-0.39, 0.29) is 5.92 Å². The van der Waals surface area contributed by atoms with Gasteiger partial charge in [-0.3, -0.25) is 0 Å². The van der Waals surface area contributed by atoms with Crippen molar-refractivity contribution in [3.05, 3.63) is 71.8 Å². The van der Waals surface area contributed by atoms with Gasteiger partial charge in [0.15, 0.2) is 0 Å². The summed E-state index contributed by atoms with van der Waals surface area (Å²) in [6, 6.07) is 19.5. The Bertz CT molecular complexity index is 538. The van der Waals surface area contributed by atoms with Gasteiger partial charge in [0.05, 0.1) is 11.7 Å². The van der Waals surface area contributed by atoms with E-state index in [1.54, 1.807) is 0 Å². The van der Waals surface area contributed by atoms with Crippen LogP contribution in [0.1, 0.15) is 37.5 Å². The van der Waals surface area contributed by atoms with E-state index in [1.165, 1.54) is 0 Å². The lowest BCUT2D eigenvalue weighted by Crippen LogP contribution is -2.41. The minimum Gasteiger partial charge on any atom is -0.389 e. The van der Waals surface area contributed by atoms with Crippen molar-refractivity contribution < 1.29 is 10.2 Å². The van der Waals surface area contributed by atoms with Crippen LogP contribution < -0.4 is 0 Å². The Morgan fingerprint density at radius 3 is 2.00 bits per heavy atom. The topological polar surface area (TPSA) is 40.5 Å². The van der Waals surface area contributed by atoms with E-state index in [0.717, 1.165) is 11.1 Å². The smallest absolute Gasteiger partial charge is 0.0843 e. The van der Waals surface area contributed by atoms with Crippen molar-refractivity contribution in [3.8, 4) is 0 Å². The molecule has 0 spiro atoms. The molecule has 112 valence electrons. The van der Waals surface area contributed by atoms with Crippen LogP contribution in [0.15, 0.2) is 60.7 Å². The van der Waals surface area contributed by atoms with Gasteiger partial charge in [-0.15, -0.1) is 0 Å². The second-order valence-electron chi connectivity index (χ2n) is 5.76. The summed E-state index contributed by atoms with van der Waals surface area (Å²) in [5.74, 6) is -0.245. The van der Waals surface area contributed by atoms with Crippen molar-refractivity contribution in [1.82, 2.24) is 0 Å². The number of aliphatic hydroxyl groups is 2. The van der Waals surface area contributed by atoms with E-state index in [1.807, 2.05) is 74.5 Å². The molecule has 0 aliphatic carbocycles. The lowest BCUT2D eigenvalue weighted by atomic mass is 9.76. The minimum absolute atomic E-state index is 0.245. The normalized spacial score (nSPS) is 17.0. The predicted octanol–water partition coefficient (Wildman–Crippen LogP) is 3.74. The fourth-order valence-electron chi connectivity index (χ4n) is 2.79. The maximum absolute atomic E-state index is 11.0. The summed E-state index contributed by atoms with van der Waals surface area (Å²) >= 11 is 0.